The average Bonchev–Trinajstić information content (AvgIpc) is 2.85. The van der Waals surface area contributed by atoms with Gasteiger partial charge in [-0.3, -0.25) is 4.79 Å². The van der Waals surface area contributed by atoms with Crippen molar-refractivity contribution in [2.24, 2.45) is 0 Å². The molecule has 4 rings (SSSR count). The molecule has 0 bridgehead atoms. The number of aromatic nitrogens is 1. The van der Waals surface area contributed by atoms with Gasteiger partial charge in [0.05, 0.1) is 18.2 Å². The number of hydrogen-bond donors (Lipinski definition) is 1. The van der Waals surface area contributed by atoms with Crippen LogP contribution in [-0.2, 0) is 16.9 Å². The number of halogens is 1. The van der Waals surface area contributed by atoms with Gasteiger partial charge in [-0.1, -0.05) is 54.6 Å². The molecule has 2 atom stereocenters. The Morgan fingerprint density at radius 3 is 2.31 bits per heavy atom. The number of alkyl halides is 1. The van der Waals surface area contributed by atoms with Gasteiger partial charge in [-0.2, -0.15) is 0 Å². The van der Waals surface area contributed by atoms with Crippen LogP contribution in [0, 0.1) is 0 Å². The van der Waals surface area contributed by atoms with Crippen LogP contribution >= 0.6 is 0 Å². The van der Waals surface area contributed by atoms with Crippen LogP contribution in [0.15, 0.2) is 77.7 Å². The van der Waals surface area contributed by atoms with Crippen LogP contribution in [0.4, 0.5) is 9.18 Å². The molecule has 36 heavy (non-hydrogen) atoms. The van der Waals surface area contributed by atoms with Crippen LogP contribution in [-0.4, -0.2) is 39.5 Å². The smallest absolute Gasteiger partial charge is 0.411 e. The average molecular weight is 493 g/mol. The molecule has 0 unspecified atom stereocenters. The lowest BCUT2D eigenvalue weighted by Crippen LogP contribution is -2.51. The van der Waals surface area contributed by atoms with Crippen molar-refractivity contribution in [3.63, 3.8) is 0 Å². The van der Waals surface area contributed by atoms with Crippen LogP contribution < -0.4 is 5.56 Å². The molecule has 1 N–H and O–H groups in total. The van der Waals surface area contributed by atoms with Crippen molar-refractivity contribution in [2.75, 3.05) is 13.2 Å². The minimum Gasteiger partial charge on any atom is -0.438 e. The van der Waals surface area contributed by atoms with Crippen LogP contribution in [0.2, 0.25) is 0 Å². The van der Waals surface area contributed by atoms with E-state index in [-0.39, 0.29) is 18.1 Å². The molecule has 1 aliphatic rings. The maximum Gasteiger partial charge on any atom is 0.411 e. The zero-order chi connectivity index (χ0) is 25.9. The Kier molecular flexibility index (Phi) is 7.31. The van der Waals surface area contributed by atoms with Crippen molar-refractivity contribution >= 4 is 6.09 Å². The second-order valence-corrected chi connectivity index (χ2v) is 10.1. The van der Waals surface area contributed by atoms with Gasteiger partial charge >= 0.3 is 6.09 Å². The molecule has 0 spiro atoms. The van der Waals surface area contributed by atoms with E-state index in [0.717, 1.165) is 22.3 Å². The molecule has 1 amide bonds. The van der Waals surface area contributed by atoms with Gasteiger partial charge < -0.3 is 19.3 Å². The first-order chi connectivity index (χ1) is 17.1. The van der Waals surface area contributed by atoms with E-state index in [1.54, 1.807) is 31.0 Å². The number of aliphatic hydroxyl groups is 1. The monoisotopic (exact) mass is 492 g/mol. The summed E-state index contributed by atoms with van der Waals surface area (Å²) in [5, 5.41) is 10.6. The third-order valence-corrected chi connectivity index (χ3v) is 6.79. The Bertz CT molecular complexity index is 1250. The van der Waals surface area contributed by atoms with Gasteiger partial charge in [0.1, 0.15) is 12.3 Å². The van der Waals surface area contributed by atoms with Crippen LogP contribution in [0.25, 0.3) is 11.1 Å². The summed E-state index contributed by atoms with van der Waals surface area (Å²) in [5.41, 5.74) is 1.41. The third kappa shape index (κ3) is 5.51. The molecule has 0 aliphatic carbocycles. The largest absolute Gasteiger partial charge is 0.438 e. The Hall–Kier alpha value is -3.45. The van der Waals surface area contributed by atoms with E-state index in [1.807, 2.05) is 61.5 Å². The van der Waals surface area contributed by atoms with Crippen molar-refractivity contribution in [3.05, 3.63) is 94.4 Å². The maximum absolute atomic E-state index is 13.3. The fourth-order valence-corrected chi connectivity index (χ4v) is 4.99. The van der Waals surface area contributed by atoms with E-state index in [4.69, 9.17) is 4.74 Å². The Balaban J connectivity index is 1.53. The summed E-state index contributed by atoms with van der Waals surface area (Å²) in [6.07, 6.45) is 2.11. The topological polar surface area (TPSA) is 71.8 Å². The van der Waals surface area contributed by atoms with Gasteiger partial charge in [0, 0.05) is 31.6 Å². The zero-order valence-corrected chi connectivity index (χ0v) is 21.0. The lowest BCUT2D eigenvalue weighted by Gasteiger charge is -2.45. The number of nitrogens with zero attached hydrogens (tertiary/aromatic N) is 2. The zero-order valence-electron chi connectivity index (χ0n) is 21.0. The number of carbonyl (C=O) groups excluding carboxylic acids is 1. The second-order valence-electron chi connectivity index (χ2n) is 10.1. The summed E-state index contributed by atoms with van der Waals surface area (Å²) < 4.78 is 20.2. The highest BCUT2D eigenvalue weighted by molar-refractivity contribution is 5.70. The molecule has 2 aromatic carbocycles. The summed E-state index contributed by atoms with van der Waals surface area (Å²) in [7, 11) is 0. The number of pyridine rings is 1. The molecule has 1 saturated heterocycles. The highest BCUT2D eigenvalue weighted by Gasteiger charge is 2.46. The lowest BCUT2D eigenvalue weighted by molar-refractivity contribution is -0.101. The number of cyclic esters (lactones) is 1. The normalized spacial score (nSPS) is 19.1. The minimum atomic E-state index is -1.01. The molecule has 2 heterocycles. The molecule has 0 radical (unpaired) electrons. The van der Waals surface area contributed by atoms with E-state index < -0.39 is 24.0 Å². The number of carbonyl (C=O) groups is 1. The van der Waals surface area contributed by atoms with Gasteiger partial charge in [0.15, 0.2) is 0 Å². The molecular formula is C29H33FN2O4. The van der Waals surface area contributed by atoms with Gasteiger partial charge in [-0.25, -0.2) is 9.18 Å². The summed E-state index contributed by atoms with van der Waals surface area (Å²) >= 11 is 0. The first-order valence-corrected chi connectivity index (χ1v) is 12.3. The quantitative estimate of drug-likeness (QED) is 0.454. The highest BCUT2D eigenvalue weighted by atomic mass is 19.1. The van der Waals surface area contributed by atoms with Crippen molar-refractivity contribution in [1.29, 1.82) is 0 Å². The van der Waals surface area contributed by atoms with E-state index >= 15 is 0 Å². The second kappa shape index (κ2) is 10.3. The summed E-state index contributed by atoms with van der Waals surface area (Å²) in [5.74, 6) is 0. The predicted molar refractivity (Wildman–Crippen MR) is 137 cm³/mol. The van der Waals surface area contributed by atoms with Gasteiger partial charge in [0.2, 0.25) is 0 Å². The molecule has 1 aromatic heterocycles. The Morgan fingerprint density at radius 1 is 1.03 bits per heavy atom. The first-order valence-electron chi connectivity index (χ1n) is 12.3. The molecule has 6 nitrogen and oxygen atoms in total. The van der Waals surface area contributed by atoms with Crippen LogP contribution in [0.5, 0.6) is 0 Å². The summed E-state index contributed by atoms with van der Waals surface area (Å²) in [6, 6.07) is 20.3. The Morgan fingerprint density at radius 2 is 1.69 bits per heavy atom. The summed E-state index contributed by atoms with van der Waals surface area (Å²) in [4.78, 5) is 26.9. The number of rotatable bonds is 8. The lowest BCUT2D eigenvalue weighted by atomic mass is 9.80. The molecule has 3 aromatic rings. The van der Waals surface area contributed by atoms with Crippen molar-refractivity contribution in [3.8, 4) is 11.1 Å². The van der Waals surface area contributed by atoms with Crippen molar-refractivity contribution < 1.29 is 19.0 Å². The van der Waals surface area contributed by atoms with Crippen LogP contribution in [0.3, 0.4) is 0 Å². The maximum atomic E-state index is 13.3. The van der Waals surface area contributed by atoms with Gasteiger partial charge in [-0.15, -0.1) is 0 Å². The third-order valence-electron chi connectivity index (χ3n) is 6.79. The van der Waals surface area contributed by atoms with Crippen LogP contribution in [0.1, 0.15) is 50.8 Å². The van der Waals surface area contributed by atoms with Gasteiger partial charge in [-0.05, 0) is 49.1 Å². The van der Waals surface area contributed by atoms with E-state index in [0.29, 0.717) is 19.4 Å². The van der Waals surface area contributed by atoms with E-state index in [9.17, 15) is 19.1 Å². The minimum absolute atomic E-state index is 0.0246. The van der Waals surface area contributed by atoms with Crippen molar-refractivity contribution in [2.45, 2.75) is 57.4 Å². The number of hydrogen-bond acceptors (Lipinski definition) is 4. The number of aryl methyl sites for hydroxylation is 1. The summed E-state index contributed by atoms with van der Waals surface area (Å²) in [6.45, 7) is 5.32. The first kappa shape index (κ1) is 25.6. The standard InChI is InChI=1S/C29H33FN2O4/c1-21(22-9-11-23(12-10-22)24-13-14-26(33)31(19-24)18-16-30)32-17-15-29(36-27(32)34,20-28(2,3)35)25-7-5-4-6-8-25/h4-14,19,21,35H,15-18,20H2,1-3H3/t21-,29-/m0/s1. The predicted octanol–water partition coefficient (Wildman–Crippen LogP) is 5.44. The molecule has 0 saturated carbocycles. The fourth-order valence-electron chi connectivity index (χ4n) is 4.99. The Labute approximate surface area is 211 Å². The molecular weight excluding hydrogens is 459 g/mol. The highest BCUT2D eigenvalue weighted by Crippen LogP contribution is 2.42. The molecule has 190 valence electrons. The molecule has 1 aliphatic heterocycles. The fraction of sp³-hybridized carbons (Fsp3) is 0.379. The SMILES string of the molecule is C[C@@H](c1ccc(-c2ccc(=O)n(CCF)c2)cc1)N1CC[C@](CC(C)(C)O)(c2ccccc2)OC1=O. The number of ether oxygens (including phenoxy) is 1. The van der Waals surface area contributed by atoms with E-state index in [1.165, 1.54) is 10.6 Å². The van der Waals surface area contributed by atoms with Gasteiger partial charge in [0.25, 0.3) is 5.56 Å². The number of benzene rings is 2. The molecule has 1 fully saturated rings. The van der Waals surface area contributed by atoms with E-state index in [2.05, 4.69) is 0 Å². The van der Waals surface area contributed by atoms with Crippen molar-refractivity contribution in [1.82, 2.24) is 9.47 Å². The molecule has 7 heteroatoms. The number of amides is 1.